The van der Waals surface area contributed by atoms with Gasteiger partial charge in [-0.15, -0.1) is 0 Å². The summed E-state index contributed by atoms with van der Waals surface area (Å²) < 4.78 is 10.5. The van der Waals surface area contributed by atoms with Crippen LogP contribution in [0.5, 0.6) is 11.6 Å². The van der Waals surface area contributed by atoms with Crippen LogP contribution in [0.1, 0.15) is 16.1 Å². The van der Waals surface area contributed by atoms with Gasteiger partial charge in [0.2, 0.25) is 17.4 Å². The lowest BCUT2D eigenvalue weighted by atomic mass is 10.1. The minimum Gasteiger partial charge on any atom is -0.497 e. The van der Waals surface area contributed by atoms with E-state index in [1.165, 1.54) is 0 Å². The molecule has 1 heterocycles. The predicted molar refractivity (Wildman–Crippen MR) is 80.0 cm³/mol. The molecule has 22 heavy (non-hydrogen) atoms. The number of aromatic nitrogens is 1. The lowest BCUT2D eigenvalue weighted by Gasteiger charge is -1.99. The molecule has 1 aromatic heterocycles. The summed E-state index contributed by atoms with van der Waals surface area (Å²) in [4.78, 5) is 16.2. The highest BCUT2D eigenvalue weighted by molar-refractivity contribution is 6.08. The minimum absolute atomic E-state index is 0.169. The van der Waals surface area contributed by atoms with Gasteiger partial charge in [0.25, 0.3) is 5.88 Å². The number of benzene rings is 2. The van der Waals surface area contributed by atoms with Gasteiger partial charge in [0.15, 0.2) is 0 Å². The molecule has 0 radical (unpaired) electrons. The molecule has 2 aromatic carbocycles. The lowest BCUT2D eigenvalue weighted by molar-refractivity contribution is 0.101. The summed E-state index contributed by atoms with van der Waals surface area (Å²) in [6, 6.07) is 15.6. The Balaban J connectivity index is 1.95. The van der Waals surface area contributed by atoms with Crippen molar-refractivity contribution in [3.63, 3.8) is 0 Å². The second kappa shape index (κ2) is 5.73. The summed E-state index contributed by atoms with van der Waals surface area (Å²) in [6.45, 7) is 0. The molecule has 0 saturated carbocycles. The van der Waals surface area contributed by atoms with Gasteiger partial charge in [-0.3, -0.25) is 4.79 Å². The summed E-state index contributed by atoms with van der Waals surface area (Å²) in [5.74, 6) is -0.124. The third kappa shape index (κ3) is 2.56. The topological polar surface area (TPSA) is 72.6 Å². The van der Waals surface area contributed by atoms with E-state index in [0.717, 1.165) is 0 Å². The Labute approximate surface area is 126 Å². The maximum absolute atomic E-state index is 12.3. The first-order valence-corrected chi connectivity index (χ1v) is 6.63. The molecule has 5 nitrogen and oxygen atoms in total. The second-order valence-corrected chi connectivity index (χ2v) is 4.60. The third-order valence-electron chi connectivity index (χ3n) is 3.19. The lowest BCUT2D eigenvalue weighted by Crippen LogP contribution is -1.99. The van der Waals surface area contributed by atoms with Crippen molar-refractivity contribution < 1.29 is 19.1 Å². The number of hydrogen-bond donors (Lipinski definition) is 1. The van der Waals surface area contributed by atoms with E-state index in [1.54, 1.807) is 61.7 Å². The van der Waals surface area contributed by atoms with Crippen molar-refractivity contribution in [2.75, 3.05) is 7.11 Å². The molecule has 0 aliphatic carbocycles. The fourth-order valence-corrected chi connectivity index (χ4v) is 2.04. The van der Waals surface area contributed by atoms with Crippen LogP contribution in [0.2, 0.25) is 0 Å². The standard InChI is InChI=1S/C17H13NO4/c1-21-13-9-7-12(8-10-13)17-18-16(20)15(22-17)14(19)11-5-3-2-4-6-11/h2-10,20H,1H3. The summed E-state index contributed by atoms with van der Waals surface area (Å²) in [7, 11) is 1.57. The SMILES string of the molecule is COc1ccc(-c2nc(O)c(C(=O)c3ccccc3)o2)cc1. The van der Waals surface area contributed by atoms with Gasteiger partial charge < -0.3 is 14.3 Å². The monoisotopic (exact) mass is 295 g/mol. The number of carbonyl (C=O) groups is 1. The summed E-state index contributed by atoms with van der Waals surface area (Å²) in [5.41, 5.74) is 1.07. The molecule has 1 N–H and O–H groups in total. The molecule has 0 amide bonds. The van der Waals surface area contributed by atoms with E-state index in [2.05, 4.69) is 4.98 Å². The van der Waals surface area contributed by atoms with Crippen LogP contribution >= 0.6 is 0 Å². The maximum atomic E-state index is 12.3. The minimum atomic E-state index is -0.417. The van der Waals surface area contributed by atoms with Gasteiger partial charge in [-0.25, -0.2) is 0 Å². The number of aromatic hydroxyl groups is 1. The number of rotatable bonds is 4. The van der Waals surface area contributed by atoms with Gasteiger partial charge in [0.1, 0.15) is 5.75 Å². The van der Waals surface area contributed by atoms with Crippen LogP contribution in [0.4, 0.5) is 0 Å². The van der Waals surface area contributed by atoms with Crippen LogP contribution in [0.15, 0.2) is 59.0 Å². The Bertz CT molecular complexity index is 791. The van der Waals surface area contributed by atoms with E-state index in [9.17, 15) is 9.90 Å². The van der Waals surface area contributed by atoms with Crippen LogP contribution in [0, 0.1) is 0 Å². The number of carbonyl (C=O) groups excluding carboxylic acids is 1. The van der Waals surface area contributed by atoms with Crippen LogP contribution < -0.4 is 4.74 Å². The molecule has 5 heteroatoms. The Morgan fingerprint density at radius 1 is 1.09 bits per heavy atom. The Kier molecular flexibility index (Phi) is 3.62. The van der Waals surface area contributed by atoms with E-state index in [4.69, 9.17) is 9.15 Å². The average Bonchev–Trinajstić information content (AvgIpc) is 2.97. The maximum Gasteiger partial charge on any atom is 0.262 e. The first-order valence-electron chi connectivity index (χ1n) is 6.63. The first-order chi connectivity index (χ1) is 10.7. The van der Waals surface area contributed by atoms with Gasteiger partial charge in [-0.1, -0.05) is 30.3 Å². The highest BCUT2D eigenvalue weighted by Crippen LogP contribution is 2.28. The van der Waals surface area contributed by atoms with Crippen LogP contribution in [-0.4, -0.2) is 23.0 Å². The van der Waals surface area contributed by atoms with E-state index in [0.29, 0.717) is 16.9 Å². The smallest absolute Gasteiger partial charge is 0.262 e. The molecule has 0 fully saturated rings. The highest BCUT2D eigenvalue weighted by Gasteiger charge is 2.21. The molecule has 3 aromatic rings. The quantitative estimate of drug-likeness (QED) is 0.748. The van der Waals surface area contributed by atoms with Gasteiger partial charge in [0.05, 0.1) is 7.11 Å². The number of ether oxygens (including phenoxy) is 1. The van der Waals surface area contributed by atoms with Crippen LogP contribution in [-0.2, 0) is 0 Å². The fraction of sp³-hybridized carbons (Fsp3) is 0.0588. The van der Waals surface area contributed by atoms with Crippen LogP contribution in [0.25, 0.3) is 11.5 Å². The Hall–Kier alpha value is -3.08. The Morgan fingerprint density at radius 3 is 2.41 bits per heavy atom. The second-order valence-electron chi connectivity index (χ2n) is 4.60. The third-order valence-corrected chi connectivity index (χ3v) is 3.19. The molecule has 110 valence electrons. The fourth-order valence-electron chi connectivity index (χ4n) is 2.04. The van der Waals surface area contributed by atoms with E-state index in [1.807, 2.05) is 0 Å². The van der Waals surface area contributed by atoms with Gasteiger partial charge >= 0.3 is 0 Å². The number of hydrogen-bond acceptors (Lipinski definition) is 5. The van der Waals surface area contributed by atoms with Crippen molar-refractivity contribution in [2.45, 2.75) is 0 Å². The van der Waals surface area contributed by atoms with Crippen molar-refractivity contribution in [3.8, 4) is 23.1 Å². The number of ketones is 1. The molecular weight excluding hydrogens is 282 g/mol. The van der Waals surface area contributed by atoms with Crippen LogP contribution in [0.3, 0.4) is 0 Å². The van der Waals surface area contributed by atoms with Gasteiger partial charge in [-0.05, 0) is 24.3 Å². The zero-order valence-corrected chi connectivity index (χ0v) is 11.8. The highest BCUT2D eigenvalue weighted by atomic mass is 16.5. The predicted octanol–water partition coefficient (Wildman–Crippen LogP) is 3.29. The molecule has 0 bridgehead atoms. The molecule has 0 spiro atoms. The molecule has 0 atom stereocenters. The summed E-state index contributed by atoms with van der Waals surface area (Å²) >= 11 is 0. The van der Waals surface area contributed by atoms with Crippen molar-refractivity contribution >= 4 is 5.78 Å². The largest absolute Gasteiger partial charge is 0.497 e. The molecular formula is C17H13NO4. The van der Waals surface area contributed by atoms with E-state index >= 15 is 0 Å². The molecule has 3 rings (SSSR count). The van der Waals surface area contributed by atoms with E-state index < -0.39 is 11.7 Å². The van der Waals surface area contributed by atoms with Crippen molar-refractivity contribution in [3.05, 3.63) is 65.9 Å². The normalized spacial score (nSPS) is 10.4. The van der Waals surface area contributed by atoms with Gasteiger partial charge in [0, 0.05) is 11.1 Å². The summed E-state index contributed by atoms with van der Waals surface area (Å²) in [5, 5.41) is 9.87. The van der Waals surface area contributed by atoms with Gasteiger partial charge in [-0.2, -0.15) is 4.98 Å². The summed E-state index contributed by atoms with van der Waals surface area (Å²) in [6.07, 6.45) is 0. The zero-order chi connectivity index (χ0) is 15.5. The van der Waals surface area contributed by atoms with E-state index in [-0.39, 0.29) is 11.7 Å². The molecule has 0 saturated heterocycles. The Morgan fingerprint density at radius 2 is 1.77 bits per heavy atom. The average molecular weight is 295 g/mol. The number of nitrogens with zero attached hydrogens (tertiary/aromatic N) is 1. The zero-order valence-electron chi connectivity index (χ0n) is 11.8. The van der Waals surface area contributed by atoms with Crippen molar-refractivity contribution in [2.24, 2.45) is 0 Å². The molecule has 0 unspecified atom stereocenters. The number of oxazole rings is 1. The first kappa shape index (κ1) is 13.9. The molecule has 0 aliphatic heterocycles. The van der Waals surface area contributed by atoms with Crippen molar-refractivity contribution in [1.29, 1.82) is 0 Å². The van der Waals surface area contributed by atoms with Crippen molar-refractivity contribution in [1.82, 2.24) is 4.98 Å². The molecule has 0 aliphatic rings. The number of methoxy groups -OCH3 is 1.